The van der Waals surface area contributed by atoms with Crippen LogP contribution in [0.4, 0.5) is 0 Å². The van der Waals surface area contributed by atoms with Crippen LogP contribution in [-0.4, -0.2) is 22.6 Å². The van der Waals surface area contributed by atoms with Gasteiger partial charge in [-0.2, -0.15) is 0 Å². The van der Waals surface area contributed by atoms with Gasteiger partial charge in [0.2, 0.25) is 0 Å². The molecular weight excluding hydrogens is 272 g/mol. The first-order chi connectivity index (χ1) is 9.70. The van der Waals surface area contributed by atoms with Gasteiger partial charge < -0.3 is 10.4 Å². The first kappa shape index (κ1) is 14.3. The van der Waals surface area contributed by atoms with Crippen LogP contribution in [0.25, 0.3) is 0 Å². The van der Waals surface area contributed by atoms with Gasteiger partial charge in [-0.15, -0.1) is 11.3 Å². The van der Waals surface area contributed by atoms with Gasteiger partial charge in [0.25, 0.3) is 5.91 Å². The van der Waals surface area contributed by atoms with E-state index in [1.54, 1.807) is 23.8 Å². The van der Waals surface area contributed by atoms with Gasteiger partial charge in [-0.05, 0) is 30.2 Å². The molecule has 0 spiro atoms. The lowest BCUT2D eigenvalue weighted by Gasteiger charge is -2.06. The predicted molar refractivity (Wildman–Crippen MR) is 78.4 cm³/mol. The highest BCUT2D eigenvalue weighted by molar-refractivity contribution is 7.10. The van der Waals surface area contributed by atoms with E-state index in [1.807, 2.05) is 13.0 Å². The Morgan fingerprint density at radius 1 is 1.55 bits per heavy atom. The Labute approximate surface area is 121 Å². The molecule has 1 amide bonds. The van der Waals surface area contributed by atoms with Crippen LogP contribution in [0.2, 0.25) is 0 Å². The molecule has 0 aliphatic heterocycles. The summed E-state index contributed by atoms with van der Waals surface area (Å²) in [5.74, 6) is 5.21. The minimum atomic E-state index is -0.180. The molecule has 0 saturated heterocycles. The van der Waals surface area contributed by atoms with E-state index in [1.165, 1.54) is 11.3 Å². The van der Waals surface area contributed by atoms with Crippen molar-refractivity contribution in [3.05, 3.63) is 51.5 Å². The number of aromatic nitrogens is 1. The van der Waals surface area contributed by atoms with Crippen molar-refractivity contribution >= 4 is 17.2 Å². The number of pyridine rings is 1. The van der Waals surface area contributed by atoms with E-state index in [0.717, 1.165) is 16.0 Å². The lowest BCUT2D eigenvalue weighted by atomic mass is 10.1. The van der Waals surface area contributed by atoms with Crippen LogP contribution in [0.5, 0.6) is 0 Å². The molecule has 0 saturated carbocycles. The predicted octanol–water partition coefficient (Wildman–Crippen LogP) is 1.73. The molecule has 2 aromatic heterocycles. The number of nitrogens with one attached hydrogen (secondary N) is 1. The van der Waals surface area contributed by atoms with Crippen LogP contribution >= 0.6 is 11.3 Å². The Hall–Kier alpha value is -2.16. The summed E-state index contributed by atoms with van der Waals surface area (Å²) < 4.78 is 0. The molecule has 0 atom stereocenters. The minimum absolute atomic E-state index is 0.130. The van der Waals surface area contributed by atoms with Crippen LogP contribution in [0.15, 0.2) is 29.9 Å². The molecule has 0 bridgehead atoms. The summed E-state index contributed by atoms with van der Waals surface area (Å²) in [7, 11) is 0. The molecule has 0 aromatic carbocycles. The summed E-state index contributed by atoms with van der Waals surface area (Å²) in [4.78, 5) is 16.8. The molecular formula is C15H14N2O2S. The number of carbonyl (C=O) groups is 1. The number of aryl methyl sites for hydroxylation is 1. The third-order valence-corrected chi connectivity index (χ3v) is 3.57. The summed E-state index contributed by atoms with van der Waals surface area (Å²) in [6.45, 7) is 2.25. The van der Waals surface area contributed by atoms with Gasteiger partial charge in [0.1, 0.15) is 6.61 Å². The van der Waals surface area contributed by atoms with Crippen molar-refractivity contribution in [2.24, 2.45) is 0 Å². The molecule has 5 heteroatoms. The highest BCUT2D eigenvalue weighted by Gasteiger charge is 2.08. The fraction of sp³-hybridized carbons (Fsp3) is 0.200. The molecule has 4 nitrogen and oxygen atoms in total. The van der Waals surface area contributed by atoms with E-state index in [4.69, 9.17) is 5.11 Å². The van der Waals surface area contributed by atoms with Gasteiger partial charge in [0, 0.05) is 24.3 Å². The van der Waals surface area contributed by atoms with Crippen molar-refractivity contribution in [1.82, 2.24) is 10.3 Å². The molecule has 2 aromatic rings. The second kappa shape index (κ2) is 6.85. The molecule has 102 valence electrons. The smallest absolute Gasteiger partial charge is 0.252 e. The van der Waals surface area contributed by atoms with E-state index in [9.17, 15) is 4.79 Å². The SMILES string of the molecule is Cc1cnccc1CNC(=O)c1csc(C#CCO)c1. The van der Waals surface area contributed by atoms with E-state index in [2.05, 4.69) is 22.1 Å². The molecule has 2 rings (SSSR count). The number of aliphatic hydroxyl groups excluding tert-OH is 1. The van der Waals surface area contributed by atoms with Crippen molar-refractivity contribution in [1.29, 1.82) is 0 Å². The molecule has 0 radical (unpaired) electrons. The fourth-order valence-electron chi connectivity index (χ4n) is 1.63. The van der Waals surface area contributed by atoms with E-state index in [0.29, 0.717) is 12.1 Å². The monoisotopic (exact) mass is 286 g/mol. The maximum absolute atomic E-state index is 12.0. The third-order valence-electron chi connectivity index (χ3n) is 2.73. The van der Waals surface area contributed by atoms with Crippen molar-refractivity contribution in [2.45, 2.75) is 13.5 Å². The number of amides is 1. The van der Waals surface area contributed by atoms with Gasteiger partial charge in [0.05, 0.1) is 10.4 Å². The molecule has 0 aliphatic rings. The summed E-state index contributed by atoms with van der Waals surface area (Å²) in [5, 5.41) is 13.3. The summed E-state index contributed by atoms with van der Waals surface area (Å²) in [6.07, 6.45) is 3.48. The standard InChI is InChI=1S/C15H14N2O2S/c1-11-8-16-5-4-12(11)9-17-15(19)13-7-14(20-10-13)3-2-6-18/h4-5,7-8,10,18H,6,9H2,1H3,(H,17,19). The number of carbonyl (C=O) groups excluding carboxylic acids is 1. The van der Waals surface area contributed by atoms with Crippen LogP contribution in [0.3, 0.4) is 0 Å². The Balaban J connectivity index is 1.98. The number of rotatable bonds is 3. The second-order valence-electron chi connectivity index (χ2n) is 4.14. The van der Waals surface area contributed by atoms with Gasteiger partial charge in [0.15, 0.2) is 0 Å². The Morgan fingerprint density at radius 3 is 3.15 bits per heavy atom. The van der Waals surface area contributed by atoms with Gasteiger partial charge in [-0.1, -0.05) is 11.8 Å². The van der Waals surface area contributed by atoms with Crippen molar-refractivity contribution < 1.29 is 9.90 Å². The third kappa shape index (κ3) is 3.67. The van der Waals surface area contributed by atoms with Crippen LogP contribution < -0.4 is 5.32 Å². The second-order valence-corrected chi connectivity index (χ2v) is 5.06. The van der Waals surface area contributed by atoms with E-state index < -0.39 is 0 Å². The quantitative estimate of drug-likeness (QED) is 0.845. The van der Waals surface area contributed by atoms with Gasteiger partial charge in [-0.3, -0.25) is 9.78 Å². The fourth-order valence-corrected chi connectivity index (χ4v) is 2.38. The maximum Gasteiger partial charge on any atom is 0.252 e. The Bertz CT molecular complexity index is 668. The topological polar surface area (TPSA) is 62.2 Å². The Kier molecular flexibility index (Phi) is 4.88. The molecule has 2 N–H and O–H groups in total. The van der Waals surface area contributed by atoms with E-state index in [-0.39, 0.29) is 12.5 Å². The lowest BCUT2D eigenvalue weighted by molar-refractivity contribution is 0.0951. The minimum Gasteiger partial charge on any atom is -0.384 e. The summed E-state index contributed by atoms with van der Waals surface area (Å²) >= 11 is 1.39. The zero-order chi connectivity index (χ0) is 14.4. The highest BCUT2D eigenvalue weighted by Crippen LogP contribution is 2.13. The van der Waals surface area contributed by atoms with Crippen molar-refractivity contribution in [3.8, 4) is 11.8 Å². The zero-order valence-corrected chi connectivity index (χ0v) is 11.8. The number of hydrogen-bond donors (Lipinski definition) is 2. The molecule has 20 heavy (non-hydrogen) atoms. The molecule has 0 unspecified atom stereocenters. The van der Waals surface area contributed by atoms with E-state index >= 15 is 0 Å². The van der Waals surface area contributed by atoms with Crippen molar-refractivity contribution in [2.75, 3.05) is 6.61 Å². The summed E-state index contributed by atoms with van der Waals surface area (Å²) in [6, 6.07) is 3.61. The van der Waals surface area contributed by atoms with Crippen LogP contribution in [-0.2, 0) is 6.54 Å². The van der Waals surface area contributed by atoms with Gasteiger partial charge in [-0.25, -0.2) is 0 Å². The number of aliphatic hydroxyl groups is 1. The number of nitrogens with zero attached hydrogens (tertiary/aromatic N) is 1. The molecule has 0 fully saturated rings. The first-order valence-corrected chi connectivity index (χ1v) is 6.94. The maximum atomic E-state index is 12.0. The first-order valence-electron chi connectivity index (χ1n) is 6.06. The lowest BCUT2D eigenvalue weighted by Crippen LogP contribution is -2.22. The number of thiophene rings is 1. The van der Waals surface area contributed by atoms with Crippen LogP contribution in [0, 0.1) is 18.8 Å². The van der Waals surface area contributed by atoms with Crippen molar-refractivity contribution in [3.63, 3.8) is 0 Å². The average molecular weight is 286 g/mol. The average Bonchev–Trinajstić information content (AvgIpc) is 2.93. The number of hydrogen-bond acceptors (Lipinski definition) is 4. The molecule has 0 aliphatic carbocycles. The normalized spacial score (nSPS) is 9.70. The Morgan fingerprint density at radius 2 is 2.40 bits per heavy atom. The summed E-state index contributed by atoms with van der Waals surface area (Å²) in [5.41, 5.74) is 2.68. The largest absolute Gasteiger partial charge is 0.384 e. The van der Waals surface area contributed by atoms with Gasteiger partial charge >= 0.3 is 0 Å². The van der Waals surface area contributed by atoms with Crippen LogP contribution in [0.1, 0.15) is 26.4 Å². The zero-order valence-electron chi connectivity index (χ0n) is 11.0. The highest BCUT2D eigenvalue weighted by atomic mass is 32.1. The molecule has 2 heterocycles.